The Morgan fingerprint density at radius 2 is 2.04 bits per heavy atom. The fourth-order valence-corrected chi connectivity index (χ4v) is 2.21. The molecule has 8 nitrogen and oxygen atoms in total. The third kappa shape index (κ3) is 2.89. The molecule has 0 spiro atoms. The predicted octanol–water partition coefficient (Wildman–Crippen LogP) is 3.27. The third-order valence-electron chi connectivity index (χ3n) is 3.29. The summed E-state index contributed by atoms with van der Waals surface area (Å²) in [4.78, 5) is 26.7. The largest absolute Gasteiger partial charge is 0.490 e. The smallest absolute Gasteiger partial charge is 0.343 e. The number of esters is 1. The second-order valence-electron chi connectivity index (χ2n) is 4.90. The van der Waals surface area contributed by atoms with E-state index in [9.17, 15) is 14.9 Å². The summed E-state index contributed by atoms with van der Waals surface area (Å²) in [6, 6.07) is 8.56. The van der Waals surface area contributed by atoms with Gasteiger partial charge in [-0.1, -0.05) is 0 Å². The Morgan fingerprint density at radius 3 is 2.75 bits per heavy atom. The summed E-state index contributed by atoms with van der Waals surface area (Å²) in [5.41, 5.74) is 1.06. The molecule has 0 bridgehead atoms. The molecular weight excluding hydrogens is 316 g/mol. The molecule has 0 amide bonds. The monoisotopic (exact) mass is 328 g/mol. The van der Waals surface area contributed by atoms with Crippen molar-refractivity contribution in [1.82, 2.24) is 4.98 Å². The van der Waals surface area contributed by atoms with Crippen LogP contribution in [-0.4, -0.2) is 23.0 Å². The molecule has 0 saturated heterocycles. The molecule has 122 valence electrons. The number of oxazole rings is 1. The van der Waals surface area contributed by atoms with Crippen molar-refractivity contribution in [1.29, 1.82) is 0 Å². The molecule has 0 N–H and O–H groups in total. The number of nitro groups is 1. The van der Waals surface area contributed by atoms with Crippen LogP contribution in [0.15, 0.2) is 40.8 Å². The van der Waals surface area contributed by atoms with Gasteiger partial charge in [0.05, 0.1) is 17.6 Å². The minimum atomic E-state index is -0.664. The van der Waals surface area contributed by atoms with E-state index in [1.807, 2.05) is 0 Å². The highest BCUT2D eigenvalue weighted by Gasteiger charge is 2.18. The third-order valence-corrected chi connectivity index (χ3v) is 3.29. The van der Waals surface area contributed by atoms with Gasteiger partial charge in [0.2, 0.25) is 0 Å². The van der Waals surface area contributed by atoms with Crippen molar-refractivity contribution in [3.8, 4) is 11.5 Å². The first-order valence-electron chi connectivity index (χ1n) is 6.90. The first-order chi connectivity index (χ1) is 11.5. The van der Waals surface area contributed by atoms with Crippen LogP contribution in [0, 0.1) is 17.0 Å². The van der Waals surface area contributed by atoms with Crippen molar-refractivity contribution >= 4 is 22.8 Å². The van der Waals surface area contributed by atoms with E-state index < -0.39 is 10.9 Å². The van der Waals surface area contributed by atoms with E-state index in [1.165, 1.54) is 25.3 Å². The first-order valence-corrected chi connectivity index (χ1v) is 6.90. The molecule has 0 unspecified atom stereocenters. The summed E-state index contributed by atoms with van der Waals surface area (Å²) in [5, 5.41) is 10.9. The van der Waals surface area contributed by atoms with Gasteiger partial charge < -0.3 is 13.9 Å². The van der Waals surface area contributed by atoms with Crippen LogP contribution in [-0.2, 0) is 0 Å². The van der Waals surface area contributed by atoms with Gasteiger partial charge in [-0.15, -0.1) is 0 Å². The van der Waals surface area contributed by atoms with Gasteiger partial charge in [0.25, 0.3) is 0 Å². The highest BCUT2D eigenvalue weighted by Crippen LogP contribution is 2.28. The minimum absolute atomic E-state index is 0.0166. The van der Waals surface area contributed by atoms with Gasteiger partial charge >= 0.3 is 11.7 Å². The van der Waals surface area contributed by atoms with Crippen LogP contribution in [0.3, 0.4) is 0 Å². The Kier molecular flexibility index (Phi) is 3.87. The van der Waals surface area contributed by atoms with Crippen LogP contribution in [0.2, 0.25) is 0 Å². The molecule has 0 saturated carbocycles. The number of rotatable bonds is 4. The Balaban J connectivity index is 1.86. The number of fused-ring (bicyclic) bond motifs is 1. The Hall–Kier alpha value is -3.42. The number of methoxy groups -OCH3 is 1. The van der Waals surface area contributed by atoms with E-state index in [4.69, 9.17) is 13.9 Å². The fourth-order valence-electron chi connectivity index (χ4n) is 2.21. The number of carbonyl (C=O) groups is 1. The molecule has 0 aliphatic rings. The van der Waals surface area contributed by atoms with Crippen molar-refractivity contribution in [3.05, 3.63) is 58.0 Å². The number of nitrogens with zero attached hydrogens (tertiary/aromatic N) is 2. The molecular formula is C16H12N2O6. The van der Waals surface area contributed by atoms with Crippen LogP contribution in [0.1, 0.15) is 16.2 Å². The molecule has 0 aliphatic heterocycles. The van der Waals surface area contributed by atoms with Crippen molar-refractivity contribution in [2.24, 2.45) is 0 Å². The molecule has 0 radical (unpaired) electrons. The van der Waals surface area contributed by atoms with E-state index in [0.29, 0.717) is 17.0 Å². The average molecular weight is 328 g/mol. The number of aryl methyl sites for hydroxylation is 1. The molecule has 2 aromatic carbocycles. The molecule has 0 atom stereocenters. The average Bonchev–Trinajstić information content (AvgIpc) is 2.93. The summed E-state index contributed by atoms with van der Waals surface area (Å²) >= 11 is 0. The van der Waals surface area contributed by atoms with E-state index in [0.717, 1.165) is 0 Å². The summed E-state index contributed by atoms with van der Waals surface area (Å²) in [7, 11) is 1.29. The van der Waals surface area contributed by atoms with Gasteiger partial charge in [-0.25, -0.2) is 9.78 Å². The van der Waals surface area contributed by atoms with E-state index in [-0.39, 0.29) is 22.7 Å². The second kappa shape index (κ2) is 5.99. The number of aromatic nitrogens is 1. The van der Waals surface area contributed by atoms with Crippen molar-refractivity contribution in [3.63, 3.8) is 0 Å². The van der Waals surface area contributed by atoms with E-state index in [2.05, 4.69) is 4.98 Å². The maximum atomic E-state index is 12.2. The SMILES string of the molecule is COc1cc(C(=O)Oc2ccc3oc(C)nc3c2)ccc1[N+](=O)[O-]. The lowest BCUT2D eigenvalue weighted by Gasteiger charge is -2.06. The van der Waals surface area contributed by atoms with Gasteiger partial charge in [-0.3, -0.25) is 10.1 Å². The quantitative estimate of drug-likeness (QED) is 0.313. The zero-order valence-corrected chi connectivity index (χ0v) is 12.8. The lowest BCUT2D eigenvalue weighted by molar-refractivity contribution is -0.385. The molecule has 3 rings (SSSR count). The van der Waals surface area contributed by atoms with Crippen LogP contribution >= 0.6 is 0 Å². The van der Waals surface area contributed by atoms with Crippen molar-refractivity contribution in [2.75, 3.05) is 7.11 Å². The molecule has 3 aromatic rings. The predicted molar refractivity (Wildman–Crippen MR) is 83.4 cm³/mol. The number of carbonyl (C=O) groups excluding carboxylic acids is 1. The van der Waals surface area contributed by atoms with Crippen LogP contribution in [0.5, 0.6) is 11.5 Å². The Morgan fingerprint density at radius 1 is 1.25 bits per heavy atom. The van der Waals surface area contributed by atoms with Gasteiger partial charge in [-0.05, 0) is 18.2 Å². The summed E-state index contributed by atoms with van der Waals surface area (Å²) < 4.78 is 15.6. The van der Waals surface area contributed by atoms with Crippen LogP contribution < -0.4 is 9.47 Å². The zero-order chi connectivity index (χ0) is 17.3. The normalized spacial score (nSPS) is 10.6. The summed E-state index contributed by atoms with van der Waals surface area (Å²) in [5.74, 6) is 0.117. The second-order valence-corrected chi connectivity index (χ2v) is 4.90. The van der Waals surface area contributed by atoms with Gasteiger partial charge in [-0.2, -0.15) is 0 Å². The number of nitro benzene ring substituents is 1. The Bertz CT molecular complexity index is 947. The Labute approximate surface area is 135 Å². The van der Waals surface area contributed by atoms with Gasteiger partial charge in [0.1, 0.15) is 11.3 Å². The number of ether oxygens (including phenoxy) is 2. The van der Waals surface area contributed by atoms with E-state index in [1.54, 1.807) is 25.1 Å². The van der Waals surface area contributed by atoms with E-state index >= 15 is 0 Å². The standard InChI is InChI=1S/C16H12N2O6/c1-9-17-12-8-11(4-6-14(12)23-9)24-16(19)10-3-5-13(18(20)21)15(7-10)22-2/h3-8H,1-2H3. The lowest BCUT2D eigenvalue weighted by Crippen LogP contribution is -2.09. The molecule has 1 heterocycles. The molecule has 0 fully saturated rings. The lowest BCUT2D eigenvalue weighted by atomic mass is 10.2. The van der Waals surface area contributed by atoms with Crippen molar-refractivity contribution < 1.29 is 23.6 Å². The summed E-state index contributed by atoms with van der Waals surface area (Å²) in [6.45, 7) is 1.72. The number of hydrogen-bond donors (Lipinski definition) is 0. The molecule has 8 heteroatoms. The fraction of sp³-hybridized carbons (Fsp3) is 0.125. The van der Waals surface area contributed by atoms with Crippen LogP contribution in [0.4, 0.5) is 5.69 Å². The summed E-state index contributed by atoms with van der Waals surface area (Å²) in [6.07, 6.45) is 0. The van der Waals surface area contributed by atoms with Crippen LogP contribution in [0.25, 0.3) is 11.1 Å². The zero-order valence-electron chi connectivity index (χ0n) is 12.8. The molecule has 24 heavy (non-hydrogen) atoms. The highest BCUT2D eigenvalue weighted by molar-refractivity contribution is 5.92. The van der Waals surface area contributed by atoms with Crippen molar-refractivity contribution in [2.45, 2.75) is 6.92 Å². The topological polar surface area (TPSA) is 105 Å². The molecule has 1 aromatic heterocycles. The maximum absolute atomic E-state index is 12.2. The highest BCUT2D eigenvalue weighted by atomic mass is 16.6. The minimum Gasteiger partial charge on any atom is -0.490 e. The number of benzene rings is 2. The van der Waals surface area contributed by atoms with Gasteiger partial charge in [0.15, 0.2) is 17.2 Å². The van der Waals surface area contributed by atoms with Gasteiger partial charge in [0, 0.05) is 25.1 Å². The number of hydrogen-bond acceptors (Lipinski definition) is 7. The maximum Gasteiger partial charge on any atom is 0.343 e. The first kappa shape index (κ1) is 15.5. The molecule has 0 aliphatic carbocycles.